The Kier molecular flexibility index (Phi) is 5.36. The molecule has 0 heterocycles. The van der Waals surface area contributed by atoms with Gasteiger partial charge in [0, 0.05) is 26.2 Å². The first kappa shape index (κ1) is 14.4. The van der Waals surface area contributed by atoms with Crippen molar-refractivity contribution in [3.05, 3.63) is 0 Å². The van der Waals surface area contributed by atoms with Crippen LogP contribution in [-0.2, 0) is 9.53 Å². The Bertz CT molecular complexity index is 256. The van der Waals surface area contributed by atoms with E-state index >= 15 is 0 Å². The van der Waals surface area contributed by atoms with E-state index in [0.717, 1.165) is 25.9 Å². The van der Waals surface area contributed by atoms with Crippen molar-refractivity contribution in [2.45, 2.75) is 38.3 Å². The van der Waals surface area contributed by atoms with Crippen LogP contribution in [0.2, 0.25) is 0 Å². The Hall–Kier alpha value is -0.650. The molecule has 5 heteroatoms. The van der Waals surface area contributed by atoms with Gasteiger partial charge < -0.3 is 10.5 Å². The lowest BCUT2D eigenvalue weighted by Crippen LogP contribution is -2.60. The molecule has 0 aromatic carbocycles. The molecule has 0 saturated heterocycles. The molecule has 1 rings (SSSR count). The second-order valence-corrected chi connectivity index (χ2v) is 4.98. The van der Waals surface area contributed by atoms with Gasteiger partial charge in [-0.25, -0.2) is 0 Å². The third-order valence-corrected chi connectivity index (χ3v) is 3.24. The molecular formula is C12H25N3O2. The molecule has 1 aliphatic rings. The predicted molar refractivity (Wildman–Crippen MR) is 67.7 cm³/mol. The summed E-state index contributed by atoms with van der Waals surface area (Å²) in [5, 5.41) is 3.35. The van der Waals surface area contributed by atoms with Crippen LogP contribution in [0.5, 0.6) is 0 Å². The number of carbonyl (C=O) groups is 1. The number of nitrogens with two attached hydrogens (primary N) is 1. The maximum Gasteiger partial charge on any atom is 0.238 e. The number of primary amides is 1. The smallest absolute Gasteiger partial charge is 0.238 e. The van der Waals surface area contributed by atoms with Crippen LogP contribution in [0.15, 0.2) is 0 Å². The predicted octanol–water partition coefficient (Wildman–Crippen LogP) is -0.0493. The van der Waals surface area contributed by atoms with Crippen molar-refractivity contribution in [1.29, 1.82) is 0 Å². The van der Waals surface area contributed by atoms with Crippen molar-refractivity contribution >= 4 is 5.91 Å². The van der Waals surface area contributed by atoms with Crippen LogP contribution in [0.4, 0.5) is 0 Å². The molecule has 0 spiro atoms. The highest BCUT2D eigenvalue weighted by Crippen LogP contribution is 2.22. The molecule has 1 amide bonds. The van der Waals surface area contributed by atoms with Crippen molar-refractivity contribution in [2.75, 3.05) is 33.4 Å². The topological polar surface area (TPSA) is 67.6 Å². The van der Waals surface area contributed by atoms with Gasteiger partial charge in [-0.15, -0.1) is 0 Å². The van der Waals surface area contributed by atoms with E-state index in [9.17, 15) is 4.79 Å². The lowest BCUT2D eigenvalue weighted by Gasteiger charge is -2.33. The Morgan fingerprint density at radius 2 is 2.24 bits per heavy atom. The Morgan fingerprint density at radius 1 is 1.59 bits per heavy atom. The molecule has 0 radical (unpaired) electrons. The first-order valence-corrected chi connectivity index (χ1v) is 6.30. The number of amides is 1. The quantitative estimate of drug-likeness (QED) is 0.596. The number of likely N-dealkylation sites (N-methyl/N-ethyl adjacent to an activating group) is 1. The third-order valence-electron chi connectivity index (χ3n) is 3.24. The van der Waals surface area contributed by atoms with Gasteiger partial charge in [-0.2, -0.15) is 0 Å². The van der Waals surface area contributed by atoms with Crippen LogP contribution in [0.1, 0.15) is 26.7 Å². The molecule has 1 fully saturated rings. The number of carbonyl (C=O) groups excluding carboxylic acids is 1. The molecule has 0 aliphatic heterocycles. The van der Waals surface area contributed by atoms with Gasteiger partial charge in [0.15, 0.2) is 0 Å². The molecule has 3 N–H and O–H groups in total. The Morgan fingerprint density at radius 3 is 2.65 bits per heavy atom. The fourth-order valence-corrected chi connectivity index (χ4v) is 1.89. The van der Waals surface area contributed by atoms with Crippen LogP contribution in [0.25, 0.3) is 0 Å². The van der Waals surface area contributed by atoms with Crippen molar-refractivity contribution in [2.24, 2.45) is 5.73 Å². The second kappa shape index (κ2) is 6.33. The number of rotatable bonds is 9. The summed E-state index contributed by atoms with van der Waals surface area (Å²) in [5.74, 6) is -0.278. The molecule has 100 valence electrons. The number of methoxy groups -OCH3 is 1. The van der Waals surface area contributed by atoms with Crippen LogP contribution in [0.3, 0.4) is 0 Å². The van der Waals surface area contributed by atoms with E-state index in [-0.39, 0.29) is 5.91 Å². The number of hydrogen-bond acceptors (Lipinski definition) is 4. The average Bonchev–Trinajstić information content (AvgIpc) is 3.07. The highest BCUT2D eigenvalue weighted by molar-refractivity contribution is 5.84. The Labute approximate surface area is 104 Å². The minimum absolute atomic E-state index is 0.278. The van der Waals surface area contributed by atoms with Gasteiger partial charge in [0.1, 0.15) is 5.54 Å². The van der Waals surface area contributed by atoms with E-state index in [0.29, 0.717) is 19.2 Å². The SMILES string of the molecule is CCN(CCOC)CC(C)(NC1CC1)C(N)=O. The van der Waals surface area contributed by atoms with Gasteiger partial charge in [0.2, 0.25) is 5.91 Å². The van der Waals surface area contributed by atoms with Crippen molar-refractivity contribution in [3.8, 4) is 0 Å². The molecule has 1 atom stereocenters. The average molecular weight is 243 g/mol. The summed E-state index contributed by atoms with van der Waals surface area (Å²) in [5.41, 5.74) is 4.89. The van der Waals surface area contributed by atoms with E-state index in [4.69, 9.17) is 10.5 Å². The monoisotopic (exact) mass is 243 g/mol. The summed E-state index contributed by atoms with van der Waals surface area (Å²) < 4.78 is 5.06. The largest absolute Gasteiger partial charge is 0.383 e. The normalized spacial score (nSPS) is 19.3. The zero-order valence-electron chi connectivity index (χ0n) is 11.2. The summed E-state index contributed by atoms with van der Waals surface area (Å²) in [6, 6.07) is 0.466. The summed E-state index contributed by atoms with van der Waals surface area (Å²) in [4.78, 5) is 13.8. The second-order valence-electron chi connectivity index (χ2n) is 4.98. The van der Waals surface area contributed by atoms with E-state index in [1.165, 1.54) is 0 Å². The highest BCUT2D eigenvalue weighted by atomic mass is 16.5. The fourth-order valence-electron chi connectivity index (χ4n) is 1.89. The first-order chi connectivity index (χ1) is 8.01. The van der Waals surface area contributed by atoms with Crippen LogP contribution >= 0.6 is 0 Å². The van der Waals surface area contributed by atoms with Gasteiger partial charge in [-0.05, 0) is 26.3 Å². The van der Waals surface area contributed by atoms with Crippen LogP contribution in [-0.4, -0.2) is 55.7 Å². The molecule has 1 unspecified atom stereocenters. The summed E-state index contributed by atoms with van der Waals surface area (Å²) in [7, 11) is 1.68. The molecule has 17 heavy (non-hydrogen) atoms. The maximum absolute atomic E-state index is 11.6. The molecule has 0 aromatic heterocycles. The molecule has 1 saturated carbocycles. The number of nitrogens with one attached hydrogen (secondary N) is 1. The van der Waals surface area contributed by atoms with Gasteiger partial charge >= 0.3 is 0 Å². The van der Waals surface area contributed by atoms with E-state index in [1.54, 1.807) is 7.11 Å². The zero-order chi connectivity index (χ0) is 12.9. The molecule has 0 aromatic rings. The third kappa shape index (κ3) is 4.61. The minimum Gasteiger partial charge on any atom is -0.383 e. The van der Waals surface area contributed by atoms with Gasteiger partial charge in [-0.3, -0.25) is 15.0 Å². The van der Waals surface area contributed by atoms with Gasteiger partial charge in [0.25, 0.3) is 0 Å². The van der Waals surface area contributed by atoms with E-state index in [1.807, 2.05) is 6.92 Å². The zero-order valence-corrected chi connectivity index (χ0v) is 11.2. The summed E-state index contributed by atoms with van der Waals surface area (Å²) >= 11 is 0. The Balaban J connectivity index is 2.53. The minimum atomic E-state index is -0.634. The maximum atomic E-state index is 11.6. The van der Waals surface area contributed by atoms with Crippen molar-refractivity contribution < 1.29 is 9.53 Å². The molecule has 1 aliphatic carbocycles. The molecular weight excluding hydrogens is 218 g/mol. The molecule has 0 bridgehead atoms. The fraction of sp³-hybridized carbons (Fsp3) is 0.917. The number of ether oxygens (including phenoxy) is 1. The van der Waals surface area contributed by atoms with Crippen LogP contribution in [0, 0.1) is 0 Å². The van der Waals surface area contributed by atoms with Crippen molar-refractivity contribution in [1.82, 2.24) is 10.2 Å². The van der Waals surface area contributed by atoms with Crippen LogP contribution < -0.4 is 11.1 Å². The number of hydrogen-bond donors (Lipinski definition) is 2. The number of nitrogens with zero attached hydrogens (tertiary/aromatic N) is 1. The summed E-state index contributed by atoms with van der Waals surface area (Å²) in [6.07, 6.45) is 2.29. The van der Waals surface area contributed by atoms with E-state index < -0.39 is 5.54 Å². The lowest BCUT2D eigenvalue weighted by atomic mass is 10.0. The summed E-state index contributed by atoms with van der Waals surface area (Å²) in [6.45, 7) is 6.99. The standard InChI is InChI=1S/C12H25N3O2/c1-4-15(7-8-17-3)9-12(2,11(13)16)14-10-5-6-10/h10,14H,4-9H2,1-3H3,(H2,13,16). The first-order valence-electron chi connectivity index (χ1n) is 6.30. The lowest BCUT2D eigenvalue weighted by molar-refractivity contribution is -0.124. The van der Waals surface area contributed by atoms with Gasteiger partial charge in [-0.1, -0.05) is 6.92 Å². The van der Waals surface area contributed by atoms with E-state index in [2.05, 4.69) is 17.1 Å². The van der Waals surface area contributed by atoms with Crippen molar-refractivity contribution in [3.63, 3.8) is 0 Å². The molecule has 5 nitrogen and oxygen atoms in total. The van der Waals surface area contributed by atoms with Gasteiger partial charge in [0.05, 0.1) is 6.61 Å². The highest BCUT2D eigenvalue weighted by Gasteiger charge is 2.38.